The van der Waals surface area contributed by atoms with Crippen LogP contribution >= 0.6 is 23.4 Å². The van der Waals surface area contributed by atoms with Crippen molar-refractivity contribution in [2.45, 2.75) is 24.9 Å². The molecule has 1 aromatic carbocycles. The van der Waals surface area contributed by atoms with Gasteiger partial charge in [0, 0.05) is 38.9 Å². The van der Waals surface area contributed by atoms with Gasteiger partial charge in [-0.3, -0.25) is 9.69 Å². The number of halogens is 1. The van der Waals surface area contributed by atoms with E-state index in [1.165, 1.54) is 22.9 Å². The molecule has 0 radical (unpaired) electrons. The number of aryl methyl sites for hydroxylation is 1. The van der Waals surface area contributed by atoms with Crippen molar-refractivity contribution in [2.75, 3.05) is 31.9 Å². The van der Waals surface area contributed by atoms with E-state index in [0.717, 1.165) is 44.2 Å². The maximum atomic E-state index is 12.5. The van der Waals surface area contributed by atoms with Crippen molar-refractivity contribution in [3.63, 3.8) is 0 Å². The van der Waals surface area contributed by atoms with E-state index in [4.69, 9.17) is 11.6 Å². The number of carbonyl (C=O) groups excluding carboxylic acids is 1. The number of benzene rings is 1. The van der Waals surface area contributed by atoms with Gasteiger partial charge in [-0.25, -0.2) is 4.98 Å². The van der Waals surface area contributed by atoms with Gasteiger partial charge in [0.05, 0.1) is 15.8 Å². The smallest absolute Gasteiger partial charge is 0.233 e. The summed E-state index contributed by atoms with van der Waals surface area (Å²) in [4.78, 5) is 21.2. The molecule has 26 heavy (non-hydrogen) atoms. The summed E-state index contributed by atoms with van der Waals surface area (Å²) in [7, 11) is 0. The highest BCUT2D eigenvalue weighted by Gasteiger charge is 2.19. The molecule has 0 saturated carbocycles. The molecule has 1 amide bonds. The quantitative estimate of drug-likeness (QED) is 0.727. The summed E-state index contributed by atoms with van der Waals surface area (Å²) in [6.45, 7) is 6.69. The minimum atomic E-state index is 0.185. The van der Waals surface area contributed by atoms with E-state index in [9.17, 15) is 4.79 Å². The largest absolute Gasteiger partial charge is 0.341 e. The maximum Gasteiger partial charge on any atom is 0.233 e. The van der Waals surface area contributed by atoms with Crippen LogP contribution < -0.4 is 0 Å². The first kappa shape index (κ1) is 19.2. The second kappa shape index (κ2) is 9.40. The molecule has 4 nitrogen and oxygen atoms in total. The fourth-order valence-electron chi connectivity index (χ4n) is 3.08. The van der Waals surface area contributed by atoms with Crippen molar-refractivity contribution in [1.29, 1.82) is 0 Å². The molecule has 1 aliphatic heterocycles. The van der Waals surface area contributed by atoms with Crippen LogP contribution in [0.4, 0.5) is 0 Å². The summed E-state index contributed by atoms with van der Waals surface area (Å²) in [5, 5.41) is 1.45. The predicted molar refractivity (Wildman–Crippen MR) is 108 cm³/mol. The number of pyridine rings is 1. The van der Waals surface area contributed by atoms with Gasteiger partial charge in [-0.2, -0.15) is 0 Å². The van der Waals surface area contributed by atoms with E-state index in [0.29, 0.717) is 10.8 Å². The summed E-state index contributed by atoms with van der Waals surface area (Å²) < 4.78 is 0. The van der Waals surface area contributed by atoms with Gasteiger partial charge in [-0.1, -0.05) is 47.6 Å². The average Bonchev–Trinajstić information content (AvgIpc) is 2.89. The number of carbonyl (C=O) groups is 1. The average molecular weight is 390 g/mol. The lowest BCUT2D eigenvalue weighted by Crippen LogP contribution is -2.36. The summed E-state index contributed by atoms with van der Waals surface area (Å²) >= 11 is 7.31. The highest BCUT2D eigenvalue weighted by molar-refractivity contribution is 7.99. The Kier molecular flexibility index (Phi) is 6.94. The second-order valence-electron chi connectivity index (χ2n) is 6.54. The van der Waals surface area contributed by atoms with Crippen molar-refractivity contribution in [2.24, 2.45) is 0 Å². The zero-order valence-electron chi connectivity index (χ0n) is 15.0. The number of thioether (sulfide) groups is 1. The number of rotatable bonds is 5. The lowest BCUT2D eigenvalue weighted by atomic mass is 10.1. The molecule has 6 heteroatoms. The first-order chi connectivity index (χ1) is 12.6. The minimum Gasteiger partial charge on any atom is -0.341 e. The van der Waals surface area contributed by atoms with Crippen LogP contribution in [0.25, 0.3) is 0 Å². The van der Waals surface area contributed by atoms with Crippen molar-refractivity contribution in [3.05, 3.63) is 58.7 Å². The molecule has 1 aliphatic rings. The zero-order chi connectivity index (χ0) is 18.4. The van der Waals surface area contributed by atoms with Crippen LogP contribution in [0, 0.1) is 6.92 Å². The second-order valence-corrected chi connectivity index (χ2v) is 7.97. The van der Waals surface area contributed by atoms with Gasteiger partial charge in [0.15, 0.2) is 0 Å². The molecule has 1 saturated heterocycles. The van der Waals surface area contributed by atoms with Crippen LogP contribution in [0.5, 0.6) is 0 Å². The molecule has 1 fully saturated rings. The fraction of sp³-hybridized carbons (Fsp3) is 0.400. The van der Waals surface area contributed by atoms with Crippen LogP contribution in [-0.2, 0) is 11.3 Å². The Morgan fingerprint density at radius 1 is 1.15 bits per heavy atom. The number of hydrogen-bond acceptors (Lipinski definition) is 4. The van der Waals surface area contributed by atoms with E-state index in [2.05, 4.69) is 41.1 Å². The Morgan fingerprint density at radius 3 is 2.77 bits per heavy atom. The van der Waals surface area contributed by atoms with Crippen LogP contribution in [0.1, 0.15) is 17.5 Å². The molecule has 3 rings (SSSR count). The topological polar surface area (TPSA) is 36.4 Å². The summed E-state index contributed by atoms with van der Waals surface area (Å²) in [5.74, 6) is 0.608. The normalized spacial score (nSPS) is 15.7. The molecule has 0 spiro atoms. The van der Waals surface area contributed by atoms with Crippen LogP contribution in [0.3, 0.4) is 0 Å². The Morgan fingerprint density at radius 2 is 2.00 bits per heavy atom. The van der Waals surface area contributed by atoms with Gasteiger partial charge >= 0.3 is 0 Å². The summed E-state index contributed by atoms with van der Waals surface area (Å²) in [6, 6.07) is 12.2. The van der Waals surface area contributed by atoms with E-state index in [-0.39, 0.29) is 5.91 Å². The van der Waals surface area contributed by atoms with E-state index >= 15 is 0 Å². The Labute approximate surface area is 164 Å². The van der Waals surface area contributed by atoms with Crippen molar-refractivity contribution in [1.82, 2.24) is 14.8 Å². The van der Waals surface area contributed by atoms with Gasteiger partial charge in [0.2, 0.25) is 5.91 Å². The van der Waals surface area contributed by atoms with Crippen LogP contribution in [0.2, 0.25) is 5.02 Å². The zero-order valence-corrected chi connectivity index (χ0v) is 16.6. The van der Waals surface area contributed by atoms with Crippen molar-refractivity contribution < 1.29 is 4.79 Å². The van der Waals surface area contributed by atoms with Crippen molar-refractivity contribution >= 4 is 29.3 Å². The molecule has 0 unspecified atom stereocenters. The molecular weight excluding hydrogens is 366 g/mol. The Bertz CT molecular complexity index is 738. The maximum absolute atomic E-state index is 12.5. The summed E-state index contributed by atoms with van der Waals surface area (Å²) in [6.07, 6.45) is 2.63. The molecular formula is C20H24ClN3OS. The monoisotopic (exact) mass is 389 g/mol. The van der Waals surface area contributed by atoms with Gasteiger partial charge in [-0.15, -0.1) is 0 Å². The lowest BCUT2D eigenvalue weighted by molar-refractivity contribution is -0.128. The SMILES string of the molecule is Cc1ccccc1CN1CCCN(C(=O)CSc2ccc(Cl)cn2)CC1. The van der Waals surface area contributed by atoms with Gasteiger partial charge in [-0.05, 0) is 36.6 Å². The van der Waals surface area contributed by atoms with Crippen molar-refractivity contribution in [3.8, 4) is 0 Å². The van der Waals surface area contributed by atoms with Crippen LogP contribution in [0.15, 0.2) is 47.6 Å². The highest BCUT2D eigenvalue weighted by Crippen LogP contribution is 2.18. The Balaban J connectivity index is 1.49. The molecule has 0 N–H and O–H groups in total. The van der Waals surface area contributed by atoms with E-state index in [1.807, 2.05) is 11.0 Å². The van der Waals surface area contributed by atoms with Gasteiger partial charge < -0.3 is 4.90 Å². The number of hydrogen-bond donors (Lipinski definition) is 0. The standard InChI is InChI=1S/C20H24ClN3OS/c1-16-5-2-3-6-17(16)14-23-9-4-10-24(12-11-23)20(25)15-26-19-8-7-18(21)13-22-19/h2-3,5-8,13H,4,9-12,14-15H2,1H3. The third-order valence-electron chi connectivity index (χ3n) is 4.64. The van der Waals surface area contributed by atoms with Crippen LogP contribution in [-0.4, -0.2) is 52.6 Å². The molecule has 2 aromatic rings. The molecule has 2 heterocycles. The van der Waals surface area contributed by atoms with E-state index < -0.39 is 0 Å². The molecule has 1 aromatic heterocycles. The molecule has 0 aliphatic carbocycles. The number of amides is 1. The third kappa shape index (κ3) is 5.47. The minimum absolute atomic E-state index is 0.185. The summed E-state index contributed by atoms with van der Waals surface area (Å²) in [5.41, 5.74) is 2.70. The molecule has 0 bridgehead atoms. The first-order valence-corrected chi connectivity index (χ1v) is 10.3. The molecule has 0 atom stereocenters. The lowest BCUT2D eigenvalue weighted by Gasteiger charge is -2.22. The van der Waals surface area contributed by atoms with Gasteiger partial charge in [0.1, 0.15) is 0 Å². The highest BCUT2D eigenvalue weighted by atomic mass is 35.5. The number of aromatic nitrogens is 1. The molecule has 138 valence electrons. The van der Waals surface area contributed by atoms with E-state index in [1.54, 1.807) is 12.3 Å². The predicted octanol–water partition coefficient (Wildman–Crippen LogP) is 3.87. The van der Waals surface area contributed by atoms with Gasteiger partial charge in [0.25, 0.3) is 0 Å². The fourth-order valence-corrected chi connectivity index (χ4v) is 3.94. The first-order valence-electron chi connectivity index (χ1n) is 8.91. The number of nitrogens with zero attached hydrogens (tertiary/aromatic N) is 3. The Hall–Kier alpha value is -1.56. The third-order valence-corrected chi connectivity index (χ3v) is 5.79.